The zero-order valence-electron chi connectivity index (χ0n) is 8.09. The van der Waals surface area contributed by atoms with Crippen molar-refractivity contribution in [1.29, 1.82) is 0 Å². The Hall–Kier alpha value is -0.790. The van der Waals surface area contributed by atoms with Crippen LogP contribution < -0.4 is 10.6 Å². The van der Waals surface area contributed by atoms with Crippen molar-refractivity contribution in [2.75, 3.05) is 26.2 Å². The summed E-state index contributed by atoms with van der Waals surface area (Å²) in [5.74, 6) is -4.24. The van der Waals surface area contributed by atoms with Gasteiger partial charge in [0.2, 0.25) is 0 Å². The third kappa shape index (κ3) is 3.37. The van der Waals surface area contributed by atoms with Gasteiger partial charge in [-0.3, -0.25) is 4.79 Å². The molecular formula is C8H14F2N2O3. The zero-order chi connectivity index (χ0) is 11.5. The highest BCUT2D eigenvalue weighted by atomic mass is 19.3. The Morgan fingerprint density at radius 2 is 2.13 bits per heavy atom. The molecule has 0 amide bonds. The molecule has 0 spiro atoms. The number of carboxylic acid groups (broad SMARTS) is 1. The Labute approximate surface area is 85.5 Å². The van der Waals surface area contributed by atoms with Gasteiger partial charge >= 0.3 is 5.97 Å². The van der Waals surface area contributed by atoms with Crippen molar-refractivity contribution in [3.8, 4) is 0 Å². The Morgan fingerprint density at radius 3 is 2.47 bits per heavy atom. The van der Waals surface area contributed by atoms with Crippen LogP contribution in [0.4, 0.5) is 8.78 Å². The fourth-order valence-electron chi connectivity index (χ4n) is 1.40. The van der Waals surface area contributed by atoms with E-state index in [0.29, 0.717) is 13.1 Å². The number of hydrogen-bond acceptors (Lipinski definition) is 4. The van der Waals surface area contributed by atoms with E-state index in [-0.39, 0.29) is 6.42 Å². The van der Waals surface area contributed by atoms with Gasteiger partial charge in [-0.05, 0) is 0 Å². The maximum atomic E-state index is 12.7. The van der Waals surface area contributed by atoms with E-state index in [0.717, 1.165) is 0 Å². The Balaban J connectivity index is 2.43. The summed E-state index contributed by atoms with van der Waals surface area (Å²) in [5.41, 5.74) is -0.801. The average Bonchev–Trinajstić information content (AvgIpc) is 2.09. The minimum absolute atomic E-state index is 0.207. The second kappa shape index (κ2) is 4.38. The lowest BCUT2D eigenvalue weighted by molar-refractivity contribution is -0.139. The second-order valence-electron chi connectivity index (χ2n) is 3.82. The molecule has 88 valence electrons. The molecular weight excluding hydrogens is 210 g/mol. The average molecular weight is 224 g/mol. The Morgan fingerprint density at radius 1 is 1.53 bits per heavy atom. The SMILES string of the molecule is O=C(O)CC1(NCC(F)(F)CO)CNC1. The summed E-state index contributed by atoms with van der Waals surface area (Å²) < 4.78 is 25.4. The van der Waals surface area contributed by atoms with E-state index >= 15 is 0 Å². The highest BCUT2D eigenvalue weighted by Gasteiger charge is 2.41. The number of carbonyl (C=O) groups is 1. The minimum atomic E-state index is -3.21. The first-order chi connectivity index (χ1) is 6.89. The summed E-state index contributed by atoms with van der Waals surface area (Å²) in [6, 6.07) is 0. The lowest BCUT2D eigenvalue weighted by atomic mass is 9.88. The van der Waals surface area contributed by atoms with Crippen LogP contribution in [0.3, 0.4) is 0 Å². The molecule has 0 unspecified atom stereocenters. The van der Waals surface area contributed by atoms with E-state index in [2.05, 4.69) is 10.6 Å². The zero-order valence-corrected chi connectivity index (χ0v) is 8.09. The Bertz CT molecular complexity index is 244. The molecule has 7 heteroatoms. The first kappa shape index (κ1) is 12.3. The normalized spacial score (nSPS) is 19.7. The van der Waals surface area contributed by atoms with Crippen molar-refractivity contribution in [1.82, 2.24) is 10.6 Å². The summed E-state index contributed by atoms with van der Waals surface area (Å²) in [6.07, 6.45) is -0.207. The molecule has 0 atom stereocenters. The van der Waals surface area contributed by atoms with Crippen LogP contribution in [0, 0.1) is 0 Å². The number of rotatable bonds is 6. The molecule has 15 heavy (non-hydrogen) atoms. The van der Waals surface area contributed by atoms with Crippen molar-refractivity contribution in [2.45, 2.75) is 17.9 Å². The van der Waals surface area contributed by atoms with Gasteiger partial charge in [0.05, 0.1) is 18.5 Å². The maximum absolute atomic E-state index is 12.7. The van der Waals surface area contributed by atoms with Gasteiger partial charge in [0.15, 0.2) is 0 Å². The predicted octanol–water partition coefficient (Wildman–Crippen LogP) is -0.980. The first-order valence-electron chi connectivity index (χ1n) is 4.55. The van der Waals surface area contributed by atoms with Crippen molar-refractivity contribution in [3.63, 3.8) is 0 Å². The van der Waals surface area contributed by atoms with Crippen molar-refractivity contribution in [3.05, 3.63) is 0 Å². The molecule has 5 nitrogen and oxygen atoms in total. The summed E-state index contributed by atoms with van der Waals surface area (Å²) in [6.45, 7) is -1.25. The summed E-state index contributed by atoms with van der Waals surface area (Å²) >= 11 is 0. The number of aliphatic hydroxyl groups is 1. The molecule has 1 rings (SSSR count). The number of hydrogen-bond donors (Lipinski definition) is 4. The Kier molecular flexibility index (Phi) is 3.58. The predicted molar refractivity (Wildman–Crippen MR) is 47.9 cm³/mol. The number of aliphatic carboxylic acids is 1. The van der Waals surface area contributed by atoms with Crippen LogP contribution in [0.15, 0.2) is 0 Å². The van der Waals surface area contributed by atoms with Crippen LogP contribution in [0.25, 0.3) is 0 Å². The largest absolute Gasteiger partial charge is 0.481 e. The van der Waals surface area contributed by atoms with E-state index in [4.69, 9.17) is 10.2 Å². The van der Waals surface area contributed by atoms with Crippen LogP contribution in [-0.2, 0) is 4.79 Å². The van der Waals surface area contributed by atoms with Gasteiger partial charge in [0, 0.05) is 13.1 Å². The molecule has 0 aromatic rings. The number of carboxylic acids is 1. The van der Waals surface area contributed by atoms with Gasteiger partial charge < -0.3 is 20.8 Å². The molecule has 0 radical (unpaired) electrons. The number of nitrogens with one attached hydrogen (secondary N) is 2. The van der Waals surface area contributed by atoms with Crippen LogP contribution in [0.2, 0.25) is 0 Å². The first-order valence-corrected chi connectivity index (χ1v) is 4.55. The minimum Gasteiger partial charge on any atom is -0.481 e. The highest BCUT2D eigenvalue weighted by molar-refractivity contribution is 5.68. The van der Waals surface area contributed by atoms with Gasteiger partial charge in [-0.25, -0.2) is 8.78 Å². The topological polar surface area (TPSA) is 81.6 Å². The van der Waals surface area contributed by atoms with Crippen LogP contribution in [0.1, 0.15) is 6.42 Å². The molecule has 0 aromatic heterocycles. The van der Waals surface area contributed by atoms with Crippen molar-refractivity contribution in [2.24, 2.45) is 0 Å². The number of halogens is 2. The van der Waals surface area contributed by atoms with Gasteiger partial charge in [-0.15, -0.1) is 0 Å². The molecule has 1 fully saturated rings. The van der Waals surface area contributed by atoms with Gasteiger partial charge in [-0.2, -0.15) is 0 Å². The molecule has 1 aliphatic heterocycles. The lowest BCUT2D eigenvalue weighted by Gasteiger charge is -2.43. The third-order valence-corrected chi connectivity index (χ3v) is 2.37. The fraction of sp³-hybridized carbons (Fsp3) is 0.875. The molecule has 1 aliphatic rings. The summed E-state index contributed by atoms with van der Waals surface area (Å²) in [7, 11) is 0. The number of aliphatic hydroxyl groups excluding tert-OH is 1. The maximum Gasteiger partial charge on any atom is 0.305 e. The van der Waals surface area contributed by atoms with Gasteiger partial charge in [0.1, 0.15) is 6.61 Å². The third-order valence-electron chi connectivity index (χ3n) is 2.37. The van der Waals surface area contributed by atoms with Crippen molar-refractivity contribution >= 4 is 5.97 Å². The van der Waals surface area contributed by atoms with E-state index < -0.39 is 30.6 Å². The molecule has 4 N–H and O–H groups in total. The highest BCUT2D eigenvalue weighted by Crippen LogP contribution is 2.19. The quantitative estimate of drug-likeness (QED) is 0.466. The lowest BCUT2D eigenvalue weighted by Crippen LogP contribution is -2.69. The van der Waals surface area contributed by atoms with Crippen LogP contribution in [0.5, 0.6) is 0 Å². The molecule has 0 aromatic carbocycles. The van der Waals surface area contributed by atoms with E-state index in [1.165, 1.54) is 0 Å². The molecule has 0 saturated carbocycles. The van der Waals surface area contributed by atoms with E-state index in [1.54, 1.807) is 0 Å². The van der Waals surface area contributed by atoms with Gasteiger partial charge in [0.25, 0.3) is 5.92 Å². The molecule has 0 bridgehead atoms. The van der Waals surface area contributed by atoms with Crippen molar-refractivity contribution < 1.29 is 23.8 Å². The fourth-order valence-corrected chi connectivity index (χ4v) is 1.40. The number of alkyl halides is 2. The van der Waals surface area contributed by atoms with E-state index in [1.807, 2.05) is 0 Å². The monoisotopic (exact) mass is 224 g/mol. The standard InChI is InChI=1S/C8H14F2N2O3/c9-8(10,5-13)4-12-7(1-6(14)15)2-11-3-7/h11-13H,1-5H2,(H,14,15). The molecule has 1 heterocycles. The van der Waals surface area contributed by atoms with Crippen LogP contribution >= 0.6 is 0 Å². The summed E-state index contributed by atoms with van der Waals surface area (Å²) in [4.78, 5) is 10.5. The van der Waals surface area contributed by atoms with Gasteiger partial charge in [-0.1, -0.05) is 0 Å². The van der Waals surface area contributed by atoms with Crippen LogP contribution in [-0.4, -0.2) is 53.9 Å². The molecule has 1 saturated heterocycles. The van der Waals surface area contributed by atoms with E-state index in [9.17, 15) is 13.6 Å². The molecule has 0 aliphatic carbocycles. The summed E-state index contributed by atoms with van der Waals surface area (Å²) in [5, 5.41) is 22.3. The smallest absolute Gasteiger partial charge is 0.305 e. The second-order valence-corrected chi connectivity index (χ2v) is 3.82.